The second-order valence-corrected chi connectivity index (χ2v) is 11.2. The van der Waals surface area contributed by atoms with Gasteiger partial charge < -0.3 is 16.4 Å². The summed E-state index contributed by atoms with van der Waals surface area (Å²) in [5.74, 6) is 0.581. The highest BCUT2D eigenvalue weighted by atomic mass is 32.1. The fourth-order valence-electron chi connectivity index (χ4n) is 4.64. The standard InChI is InChI=1S/C27H25N7O2S2/c1-15-2-4-16(5-3-15)19-6-7-20-25(32-19)27(36)34(26(33-20)21-13-37-14-31-21)12-24(35)30-11-18-8-17-10-29-23(28)9-22(17)38-18/h2-5,8-10,13-14,19,32H,6-7,11-12H2,1H3,(H2,28,29)(H,30,35)/t19-/m0/s1. The number of benzene rings is 1. The lowest BCUT2D eigenvalue weighted by Crippen LogP contribution is -2.36. The molecule has 1 amide bonds. The van der Waals surface area contributed by atoms with Crippen LogP contribution >= 0.6 is 22.7 Å². The van der Waals surface area contributed by atoms with Crippen molar-refractivity contribution in [2.75, 3.05) is 11.1 Å². The molecule has 0 fully saturated rings. The fourth-order valence-corrected chi connectivity index (χ4v) is 6.19. The number of nitrogens with zero attached hydrogens (tertiary/aromatic N) is 4. The highest BCUT2D eigenvalue weighted by Gasteiger charge is 2.27. The number of anilines is 2. The van der Waals surface area contributed by atoms with Crippen LogP contribution in [0.4, 0.5) is 11.5 Å². The average Bonchev–Trinajstić information content (AvgIpc) is 3.59. The number of thiazole rings is 1. The summed E-state index contributed by atoms with van der Waals surface area (Å²) in [5.41, 5.74) is 11.2. The van der Waals surface area contributed by atoms with Gasteiger partial charge in [-0.3, -0.25) is 14.2 Å². The van der Waals surface area contributed by atoms with Gasteiger partial charge in [-0.15, -0.1) is 22.7 Å². The zero-order valence-electron chi connectivity index (χ0n) is 20.6. The van der Waals surface area contributed by atoms with Gasteiger partial charge in [0, 0.05) is 26.5 Å². The maximum atomic E-state index is 13.8. The van der Waals surface area contributed by atoms with Crippen LogP contribution in [0.1, 0.15) is 34.2 Å². The van der Waals surface area contributed by atoms with Crippen molar-refractivity contribution in [1.29, 1.82) is 0 Å². The topological polar surface area (TPSA) is 128 Å². The van der Waals surface area contributed by atoms with Crippen LogP contribution in [0.15, 0.2) is 58.3 Å². The minimum Gasteiger partial charge on any atom is -0.384 e. The molecule has 1 atom stereocenters. The van der Waals surface area contributed by atoms with Gasteiger partial charge in [-0.25, -0.2) is 15.0 Å². The first kappa shape index (κ1) is 24.3. The number of aryl methyl sites for hydroxylation is 2. The maximum Gasteiger partial charge on any atom is 0.277 e. The van der Waals surface area contributed by atoms with Crippen molar-refractivity contribution in [1.82, 2.24) is 24.8 Å². The second kappa shape index (κ2) is 9.99. The summed E-state index contributed by atoms with van der Waals surface area (Å²) >= 11 is 2.97. The zero-order chi connectivity index (χ0) is 26.2. The third-order valence-corrected chi connectivity index (χ3v) is 8.29. The minimum atomic E-state index is -0.286. The van der Waals surface area contributed by atoms with E-state index < -0.39 is 0 Å². The van der Waals surface area contributed by atoms with Crippen LogP contribution in [0.2, 0.25) is 0 Å². The number of nitrogens with one attached hydrogen (secondary N) is 2. The van der Waals surface area contributed by atoms with Gasteiger partial charge in [0.05, 0.1) is 23.8 Å². The predicted molar refractivity (Wildman–Crippen MR) is 151 cm³/mol. The van der Waals surface area contributed by atoms with Crippen LogP contribution in [0.3, 0.4) is 0 Å². The van der Waals surface area contributed by atoms with Crippen molar-refractivity contribution < 1.29 is 4.79 Å². The Morgan fingerprint density at radius 3 is 2.87 bits per heavy atom. The Labute approximate surface area is 226 Å². The summed E-state index contributed by atoms with van der Waals surface area (Å²) in [4.78, 5) is 41.1. The molecular formula is C27H25N7O2S2. The lowest BCUT2D eigenvalue weighted by Gasteiger charge is -2.27. The maximum absolute atomic E-state index is 13.8. The van der Waals surface area contributed by atoms with Crippen LogP contribution < -0.4 is 21.9 Å². The van der Waals surface area contributed by atoms with E-state index in [0.29, 0.717) is 41.7 Å². The highest BCUT2D eigenvalue weighted by molar-refractivity contribution is 7.19. The van der Waals surface area contributed by atoms with Gasteiger partial charge in [0.1, 0.15) is 23.7 Å². The van der Waals surface area contributed by atoms with Crippen molar-refractivity contribution in [3.63, 3.8) is 0 Å². The number of amides is 1. The molecule has 11 heteroatoms. The highest BCUT2D eigenvalue weighted by Crippen LogP contribution is 2.31. The molecule has 192 valence electrons. The normalized spacial score (nSPS) is 14.7. The number of thiophene rings is 1. The third-order valence-electron chi connectivity index (χ3n) is 6.61. The van der Waals surface area contributed by atoms with Gasteiger partial charge in [-0.05, 0) is 37.5 Å². The first-order chi connectivity index (χ1) is 18.4. The van der Waals surface area contributed by atoms with Crippen LogP contribution in [0.5, 0.6) is 0 Å². The number of rotatable bonds is 6. The monoisotopic (exact) mass is 543 g/mol. The van der Waals surface area contributed by atoms with E-state index >= 15 is 0 Å². The molecule has 0 aliphatic carbocycles. The van der Waals surface area contributed by atoms with E-state index in [2.05, 4.69) is 51.8 Å². The van der Waals surface area contributed by atoms with Crippen LogP contribution in [-0.4, -0.2) is 25.4 Å². The van der Waals surface area contributed by atoms with Crippen molar-refractivity contribution >= 4 is 50.2 Å². The molecule has 6 rings (SSSR count). The molecular weight excluding hydrogens is 518 g/mol. The summed E-state index contributed by atoms with van der Waals surface area (Å²) in [7, 11) is 0. The molecule has 4 N–H and O–H groups in total. The molecule has 0 radical (unpaired) electrons. The SMILES string of the molecule is Cc1ccc([C@@H]2CCc3nc(-c4cscn4)n(CC(=O)NCc4cc5cnc(N)cc5s4)c(=O)c3N2)cc1. The lowest BCUT2D eigenvalue weighted by molar-refractivity contribution is -0.121. The number of carbonyl (C=O) groups is 1. The molecule has 0 spiro atoms. The summed E-state index contributed by atoms with van der Waals surface area (Å²) in [6, 6.07) is 12.1. The second-order valence-electron chi connectivity index (χ2n) is 9.30. The Bertz CT molecular complexity index is 1690. The minimum absolute atomic E-state index is 0.00138. The Kier molecular flexibility index (Phi) is 6.38. The Hall–Kier alpha value is -4.09. The van der Waals surface area contributed by atoms with E-state index in [1.807, 2.05) is 17.5 Å². The number of hydrogen-bond donors (Lipinski definition) is 3. The van der Waals surface area contributed by atoms with Gasteiger partial charge in [-0.1, -0.05) is 29.8 Å². The quantitative estimate of drug-likeness (QED) is 0.292. The largest absolute Gasteiger partial charge is 0.384 e. The first-order valence-corrected chi connectivity index (χ1v) is 14.0. The van der Waals surface area contributed by atoms with Crippen molar-refractivity contribution in [3.8, 4) is 11.5 Å². The van der Waals surface area contributed by atoms with E-state index in [9.17, 15) is 9.59 Å². The third kappa shape index (κ3) is 4.77. The number of pyridine rings is 1. The molecule has 1 aliphatic heterocycles. The lowest BCUT2D eigenvalue weighted by atomic mass is 9.96. The zero-order valence-corrected chi connectivity index (χ0v) is 22.2. The average molecular weight is 544 g/mol. The van der Waals surface area contributed by atoms with Crippen molar-refractivity contribution in [2.24, 2.45) is 0 Å². The van der Waals surface area contributed by atoms with Crippen molar-refractivity contribution in [3.05, 3.63) is 85.5 Å². The number of nitrogens with two attached hydrogens (primary N) is 1. The number of carbonyl (C=O) groups excluding carboxylic acids is 1. The molecule has 1 aliphatic rings. The molecule has 5 aromatic rings. The Morgan fingerprint density at radius 2 is 2.08 bits per heavy atom. The molecule has 4 aromatic heterocycles. The van der Waals surface area contributed by atoms with Gasteiger partial charge in [0.25, 0.3) is 5.56 Å². The van der Waals surface area contributed by atoms with Gasteiger partial charge in [0.15, 0.2) is 5.82 Å². The number of hydrogen-bond acceptors (Lipinski definition) is 9. The predicted octanol–water partition coefficient (Wildman–Crippen LogP) is 4.28. The summed E-state index contributed by atoms with van der Waals surface area (Å²) < 4.78 is 2.43. The molecule has 0 bridgehead atoms. The number of nitrogen functional groups attached to an aromatic ring is 1. The van der Waals surface area contributed by atoms with Gasteiger partial charge >= 0.3 is 0 Å². The smallest absolute Gasteiger partial charge is 0.277 e. The molecule has 1 aromatic carbocycles. The molecule has 0 saturated heterocycles. The summed E-state index contributed by atoms with van der Waals surface area (Å²) in [5, 5.41) is 9.16. The van der Waals surface area contributed by atoms with Gasteiger partial charge in [-0.2, -0.15) is 0 Å². The van der Waals surface area contributed by atoms with Crippen LogP contribution in [0, 0.1) is 6.92 Å². The fraction of sp³-hybridized carbons (Fsp3) is 0.222. The Balaban J connectivity index is 1.27. The van der Waals surface area contributed by atoms with E-state index in [4.69, 9.17) is 10.7 Å². The van der Waals surface area contributed by atoms with Crippen LogP contribution in [0.25, 0.3) is 21.6 Å². The van der Waals surface area contributed by atoms with Crippen LogP contribution in [-0.2, 0) is 24.3 Å². The van der Waals surface area contributed by atoms with E-state index in [1.54, 1.807) is 23.0 Å². The van der Waals surface area contributed by atoms with E-state index in [1.165, 1.54) is 21.5 Å². The molecule has 0 saturated carbocycles. The number of aromatic nitrogens is 4. The summed E-state index contributed by atoms with van der Waals surface area (Å²) in [6.07, 6.45) is 3.20. The first-order valence-electron chi connectivity index (χ1n) is 12.2. The van der Waals surface area contributed by atoms with E-state index in [0.717, 1.165) is 26.9 Å². The molecule has 0 unspecified atom stereocenters. The molecule has 5 heterocycles. The molecule has 38 heavy (non-hydrogen) atoms. The van der Waals surface area contributed by atoms with Gasteiger partial charge in [0.2, 0.25) is 5.91 Å². The molecule has 9 nitrogen and oxygen atoms in total. The Morgan fingerprint density at radius 1 is 1.24 bits per heavy atom. The number of fused-ring (bicyclic) bond motifs is 2. The van der Waals surface area contributed by atoms with E-state index in [-0.39, 0.29) is 24.1 Å². The summed E-state index contributed by atoms with van der Waals surface area (Å²) in [6.45, 7) is 2.22. The van der Waals surface area contributed by atoms with Crippen molar-refractivity contribution in [2.45, 2.75) is 38.9 Å².